The summed E-state index contributed by atoms with van der Waals surface area (Å²) in [5.41, 5.74) is 1.03. The summed E-state index contributed by atoms with van der Waals surface area (Å²) in [5.74, 6) is 0.949. The van der Waals surface area contributed by atoms with E-state index in [1.165, 1.54) is 0 Å². The molecule has 6 nitrogen and oxygen atoms in total. The van der Waals surface area contributed by atoms with Crippen LogP contribution in [-0.4, -0.2) is 45.4 Å². The van der Waals surface area contributed by atoms with Crippen LogP contribution in [0.4, 0.5) is 5.82 Å². The standard InChI is InChI=1S/C14H17N5OS/c1-10-7-16-13(17-8-10)20-11-4-6-19(9-11)12-3-5-15-14(18-12)21-2/h3,5,7-8,11H,4,6,9H2,1-2H3. The molecule has 0 aliphatic carbocycles. The maximum atomic E-state index is 5.83. The van der Waals surface area contributed by atoms with Gasteiger partial charge in [-0.1, -0.05) is 11.8 Å². The Bertz CT molecular complexity index is 607. The Hall–Kier alpha value is -1.89. The van der Waals surface area contributed by atoms with Gasteiger partial charge in [-0.25, -0.2) is 19.9 Å². The lowest BCUT2D eigenvalue weighted by Crippen LogP contribution is -2.25. The molecule has 0 spiro atoms. The molecule has 1 atom stereocenters. The summed E-state index contributed by atoms with van der Waals surface area (Å²) in [6.07, 6.45) is 8.35. The van der Waals surface area contributed by atoms with Crippen molar-refractivity contribution in [2.24, 2.45) is 0 Å². The third-order valence-corrected chi connectivity index (χ3v) is 3.86. The van der Waals surface area contributed by atoms with Gasteiger partial charge < -0.3 is 9.64 Å². The van der Waals surface area contributed by atoms with E-state index in [1.54, 1.807) is 30.4 Å². The molecule has 0 saturated carbocycles. The van der Waals surface area contributed by atoms with Crippen LogP contribution in [0.2, 0.25) is 0 Å². The SMILES string of the molecule is CSc1nccc(N2CCC(Oc3ncc(C)cn3)C2)n1. The molecule has 0 bridgehead atoms. The number of hydrogen-bond acceptors (Lipinski definition) is 7. The van der Waals surface area contributed by atoms with E-state index in [0.717, 1.165) is 36.0 Å². The highest BCUT2D eigenvalue weighted by Gasteiger charge is 2.25. The zero-order valence-electron chi connectivity index (χ0n) is 12.1. The summed E-state index contributed by atoms with van der Waals surface area (Å²) < 4.78 is 5.83. The zero-order valence-corrected chi connectivity index (χ0v) is 12.9. The van der Waals surface area contributed by atoms with E-state index >= 15 is 0 Å². The van der Waals surface area contributed by atoms with Gasteiger partial charge >= 0.3 is 6.01 Å². The van der Waals surface area contributed by atoms with Gasteiger partial charge in [0.25, 0.3) is 0 Å². The van der Waals surface area contributed by atoms with Crippen molar-refractivity contribution in [2.45, 2.75) is 24.6 Å². The van der Waals surface area contributed by atoms with E-state index in [2.05, 4.69) is 24.8 Å². The van der Waals surface area contributed by atoms with Crippen LogP contribution in [0.25, 0.3) is 0 Å². The summed E-state index contributed by atoms with van der Waals surface area (Å²) in [5, 5.41) is 0.790. The van der Waals surface area contributed by atoms with Crippen molar-refractivity contribution in [3.8, 4) is 6.01 Å². The zero-order chi connectivity index (χ0) is 14.7. The molecule has 1 fully saturated rings. The van der Waals surface area contributed by atoms with Gasteiger partial charge in [0.05, 0.1) is 6.54 Å². The second-order valence-corrected chi connectivity index (χ2v) is 5.69. The second kappa shape index (κ2) is 6.26. The van der Waals surface area contributed by atoms with E-state index in [-0.39, 0.29) is 6.10 Å². The Balaban J connectivity index is 1.63. The largest absolute Gasteiger partial charge is 0.458 e. The van der Waals surface area contributed by atoms with Crippen LogP contribution in [0.15, 0.2) is 29.8 Å². The first-order valence-electron chi connectivity index (χ1n) is 6.82. The molecule has 1 aliphatic rings. The number of aromatic nitrogens is 4. The Kier molecular flexibility index (Phi) is 4.19. The molecule has 3 heterocycles. The summed E-state index contributed by atoms with van der Waals surface area (Å²) in [4.78, 5) is 19.3. The van der Waals surface area contributed by atoms with Crippen molar-refractivity contribution in [1.82, 2.24) is 19.9 Å². The summed E-state index contributed by atoms with van der Waals surface area (Å²) >= 11 is 1.55. The molecule has 2 aromatic heterocycles. The van der Waals surface area contributed by atoms with Gasteiger partial charge in [0.1, 0.15) is 11.9 Å². The number of rotatable bonds is 4. The van der Waals surface area contributed by atoms with Crippen LogP contribution in [0.5, 0.6) is 6.01 Å². The number of nitrogens with zero attached hydrogens (tertiary/aromatic N) is 5. The van der Waals surface area contributed by atoms with Gasteiger partial charge in [0.2, 0.25) is 0 Å². The van der Waals surface area contributed by atoms with E-state index < -0.39 is 0 Å². The normalized spacial score (nSPS) is 18.0. The van der Waals surface area contributed by atoms with Gasteiger partial charge in [-0.2, -0.15) is 0 Å². The van der Waals surface area contributed by atoms with Crippen molar-refractivity contribution >= 4 is 17.6 Å². The Morgan fingerprint density at radius 1 is 1.29 bits per heavy atom. The number of ether oxygens (including phenoxy) is 1. The van der Waals surface area contributed by atoms with Crippen LogP contribution < -0.4 is 9.64 Å². The average Bonchev–Trinajstić information content (AvgIpc) is 2.98. The topological polar surface area (TPSA) is 64.0 Å². The lowest BCUT2D eigenvalue weighted by Gasteiger charge is -2.17. The fourth-order valence-electron chi connectivity index (χ4n) is 2.23. The minimum absolute atomic E-state index is 0.0976. The monoisotopic (exact) mass is 303 g/mol. The van der Waals surface area contributed by atoms with E-state index in [0.29, 0.717) is 6.01 Å². The molecule has 1 unspecified atom stereocenters. The molecule has 0 amide bonds. The highest BCUT2D eigenvalue weighted by atomic mass is 32.2. The number of thioether (sulfide) groups is 1. The molecule has 21 heavy (non-hydrogen) atoms. The summed E-state index contributed by atoms with van der Waals surface area (Å²) in [6.45, 7) is 3.67. The van der Waals surface area contributed by atoms with Crippen molar-refractivity contribution in [1.29, 1.82) is 0 Å². The van der Waals surface area contributed by atoms with Gasteiger partial charge in [-0.3, -0.25) is 0 Å². The molecule has 3 rings (SSSR count). The maximum absolute atomic E-state index is 5.83. The summed E-state index contributed by atoms with van der Waals surface area (Å²) in [6, 6.07) is 2.38. The highest BCUT2D eigenvalue weighted by molar-refractivity contribution is 7.98. The smallest absolute Gasteiger partial charge is 0.316 e. The molecule has 0 aromatic carbocycles. The van der Waals surface area contributed by atoms with E-state index in [4.69, 9.17) is 4.74 Å². The van der Waals surface area contributed by atoms with Crippen LogP contribution in [0.1, 0.15) is 12.0 Å². The molecule has 1 aliphatic heterocycles. The van der Waals surface area contributed by atoms with Crippen molar-refractivity contribution in [2.75, 3.05) is 24.2 Å². The van der Waals surface area contributed by atoms with Crippen LogP contribution in [-0.2, 0) is 0 Å². The average molecular weight is 303 g/mol. The first-order chi connectivity index (χ1) is 10.2. The second-order valence-electron chi connectivity index (χ2n) is 4.92. The maximum Gasteiger partial charge on any atom is 0.316 e. The Morgan fingerprint density at radius 3 is 2.86 bits per heavy atom. The lowest BCUT2D eigenvalue weighted by molar-refractivity contribution is 0.206. The molecule has 2 aromatic rings. The van der Waals surface area contributed by atoms with E-state index in [1.807, 2.05) is 19.2 Å². The Morgan fingerprint density at radius 2 is 2.10 bits per heavy atom. The molecule has 0 radical (unpaired) electrons. The van der Waals surface area contributed by atoms with Gasteiger partial charge in [-0.15, -0.1) is 0 Å². The van der Waals surface area contributed by atoms with Crippen LogP contribution in [0.3, 0.4) is 0 Å². The molecular weight excluding hydrogens is 286 g/mol. The molecule has 0 N–H and O–H groups in total. The van der Waals surface area contributed by atoms with E-state index in [9.17, 15) is 0 Å². The first kappa shape index (κ1) is 14.1. The molecule has 110 valence electrons. The number of hydrogen-bond donors (Lipinski definition) is 0. The minimum atomic E-state index is 0.0976. The fourth-order valence-corrected chi connectivity index (χ4v) is 2.58. The van der Waals surface area contributed by atoms with Crippen molar-refractivity contribution < 1.29 is 4.74 Å². The van der Waals surface area contributed by atoms with Gasteiger partial charge in [-0.05, 0) is 24.8 Å². The first-order valence-corrected chi connectivity index (χ1v) is 8.04. The molecule has 7 heteroatoms. The number of anilines is 1. The third-order valence-electron chi connectivity index (χ3n) is 3.30. The quantitative estimate of drug-likeness (QED) is 0.632. The van der Waals surface area contributed by atoms with Crippen LogP contribution in [0, 0.1) is 6.92 Å². The van der Waals surface area contributed by atoms with Gasteiger partial charge in [0.15, 0.2) is 5.16 Å². The number of aryl methyl sites for hydroxylation is 1. The predicted molar refractivity (Wildman–Crippen MR) is 81.8 cm³/mol. The minimum Gasteiger partial charge on any atom is -0.458 e. The van der Waals surface area contributed by atoms with Gasteiger partial charge in [0, 0.05) is 31.6 Å². The Labute approximate surface area is 128 Å². The fraction of sp³-hybridized carbons (Fsp3) is 0.429. The predicted octanol–water partition coefficient (Wildman–Crippen LogP) is 1.95. The summed E-state index contributed by atoms with van der Waals surface area (Å²) in [7, 11) is 0. The highest BCUT2D eigenvalue weighted by Crippen LogP contribution is 2.21. The van der Waals surface area contributed by atoms with Crippen LogP contribution >= 0.6 is 11.8 Å². The lowest BCUT2D eigenvalue weighted by atomic mass is 10.3. The molecule has 1 saturated heterocycles. The van der Waals surface area contributed by atoms with Crippen molar-refractivity contribution in [3.05, 3.63) is 30.2 Å². The molecular formula is C14H17N5OS. The third kappa shape index (κ3) is 3.41. The van der Waals surface area contributed by atoms with Crippen molar-refractivity contribution in [3.63, 3.8) is 0 Å².